The fraction of sp³-hybridized carbons (Fsp3) is 0.0500. The smallest absolute Gasteiger partial charge is 0.265 e. The van der Waals surface area contributed by atoms with E-state index < -0.39 is 0 Å². The number of thiophene rings is 1. The third-order valence-electron chi connectivity index (χ3n) is 4.06. The molecule has 0 saturated heterocycles. The van der Waals surface area contributed by atoms with Crippen LogP contribution in [-0.2, 0) is 0 Å². The Morgan fingerprint density at radius 2 is 1.93 bits per heavy atom. The van der Waals surface area contributed by atoms with Gasteiger partial charge in [-0.1, -0.05) is 18.2 Å². The van der Waals surface area contributed by atoms with Gasteiger partial charge in [0.25, 0.3) is 5.91 Å². The number of carbonyl (C=O) groups excluding carboxylic acids is 1. The number of hydrogen-bond donors (Lipinski definition) is 1. The molecule has 27 heavy (non-hydrogen) atoms. The Bertz CT molecular complexity index is 1120. The first-order valence-corrected chi connectivity index (χ1v) is 9.06. The number of benzene rings is 1. The number of carbonyl (C=O) groups is 1. The third kappa shape index (κ3) is 3.37. The summed E-state index contributed by atoms with van der Waals surface area (Å²) in [5.74, 6) is 0.778. The number of aryl methyl sites for hydroxylation is 1. The highest BCUT2D eigenvalue weighted by molar-refractivity contribution is 7.17. The minimum Gasteiger partial charge on any atom is -0.318 e. The minimum atomic E-state index is -0.309. The SMILES string of the molecule is Cc1nccn1-c1ncccc1NC(=O)c1ccc(-c2ccccc2F)s1. The van der Waals surface area contributed by atoms with E-state index in [1.807, 2.05) is 6.92 Å². The molecule has 134 valence electrons. The van der Waals surface area contributed by atoms with E-state index in [-0.39, 0.29) is 11.7 Å². The van der Waals surface area contributed by atoms with Gasteiger partial charge in [0.1, 0.15) is 11.6 Å². The highest BCUT2D eigenvalue weighted by Gasteiger charge is 2.15. The van der Waals surface area contributed by atoms with Crippen molar-refractivity contribution in [1.82, 2.24) is 14.5 Å². The van der Waals surface area contributed by atoms with Gasteiger partial charge in [-0.15, -0.1) is 11.3 Å². The molecular weight excluding hydrogens is 363 g/mol. The molecule has 1 N–H and O–H groups in total. The summed E-state index contributed by atoms with van der Waals surface area (Å²) in [6.07, 6.45) is 5.12. The molecule has 0 aliphatic heterocycles. The molecule has 0 radical (unpaired) electrons. The normalized spacial score (nSPS) is 10.7. The van der Waals surface area contributed by atoms with Crippen LogP contribution in [0.25, 0.3) is 16.3 Å². The molecule has 0 atom stereocenters. The zero-order valence-electron chi connectivity index (χ0n) is 14.4. The van der Waals surface area contributed by atoms with Gasteiger partial charge in [-0.2, -0.15) is 0 Å². The van der Waals surface area contributed by atoms with E-state index in [1.54, 1.807) is 65.6 Å². The number of nitrogens with one attached hydrogen (secondary N) is 1. The van der Waals surface area contributed by atoms with Crippen LogP contribution in [0.2, 0.25) is 0 Å². The van der Waals surface area contributed by atoms with Crippen molar-refractivity contribution in [1.29, 1.82) is 0 Å². The molecule has 5 nitrogen and oxygen atoms in total. The van der Waals surface area contributed by atoms with E-state index >= 15 is 0 Å². The van der Waals surface area contributed by atoms with Crippen LogP contribution in [0.4, 0.5) is 10.1 Å². The molecule has 0 bridgehead atoms. The molecule has 0 spiro atoms. The van der Waals surface area contributed by atoms with E-state index in [4.69, 9.17) is 0 Å². The number of imidazole rings is 1. The highest BCUT2D eigenvalue weighted by Crippen LogP contribution is 2.30. The number of pyridine rings is 1. The minimum absolute atomic E-state index is 0.269. The average molecular weight is 378 g/mol. The second-order valence-electron chi connectivity index (χ2n) is 5.82. The number of anilines is 1. The number of rotatable bonds is 4. The fourth-order valence-electron chi connectivity index (χ4n) is 2.74. The van der Waals surface area contributed by atoms with E-state index in [1.165, 1.54) is 17.4 Å². The summed E-state index contributed by atoms with van der Waals surface area (Å²) in [6, 6.07) is 13.5. The van der Waals surface area contributed by atoms with Crippen molar-refractivity contribution in [2.45, 2.75) is 6.92 Å². The molecule has 4 rings (SSSR count). The lowest BCUT2D eigenvalue weighted by Crippen LogP contribution is -2.13. The Hall–Kier alpha value is -3.32. The van der Waals surface area contributed by atoms with Gasteiger partial charge >= 0.3 is 0 Å². The molecule has 0 unspecified atom stereocenters. The van der Waals surface area contributed by atoms with Crippen molar-refractivity contribution in [2.75, 3.05) is 5.32 Å². The Balaban J connectivity index is 1.61. The maximum atomic E-state index is 14.0. The Morgan fingerprint density at radius 1 is 1.07 bits per heavy atom. The fourth-order valence-corrected chi connectivity index (χ4v) is 3.67. The Labute approximate surface area is 159 Å². The molecular formula is C20H15FN4OS. The van der Waals surface area contributed by atoms with Crippen molar-refractivity contribution >= 4 is 22.9 Å². The lowest BCUT2D eigenvalue weighted by Gasteiger charge is -2.11. The Morgan fingerprint density at radius 3 is 2.70 bits per heavy atom. The quantitative estimate of drug-likeness (QED) is 0.560. The van der Waals surface area contributed by atoms with Crippen molar-refractivity contribution in [3.05, 3.63) is 83.6 Å². The van der Waals surface area contributed by atoms with Gasteiger partial charge in [0.05, 0.1) is 10.6 Å². The molecule has 3 heterocycles. The topological polar surface area (TPSA) is 59.8 Å². The Kier molecular flexibility index (Phi) is 4.52. The predicted molar refractivity (Wildman–Crippen MR) is 104 cm³/mol. The average Bonchev–Trinajstić information content (AvgIpc) is 3.32. The summed E-state index contributed by atoms with van der Waals surface area (Å²) in [6.45, 7) is 1.86. The van der Waals surface area contributed by atoms with Crippen LogP contribution >= 0.6 is 11.3 Å². The van der Waals surface area contributed by atoms with Gasteiger partial charge in [0.15, 0.2) is 5.82 Å². The van der Waals surface area contributed by atoms with Crippen molar-refractivity contribution < 1.29 is 9.18 Å². The van der Waals surface area contributed by atoms with Crippen molar-refractivity contribution in [3.63, 3.8) is 0 Å². The van der Waals surface area contributed by atoms with Crippen LogP contribution in [0.15, 0.2) is 67.1 Å². The first-order valence-electron chi connectivity index (χ1n) is 8.25. The first kappa shape index (κ1) is 17.1. The van der Waals surface area contributed by atoms with Gasteiger partial charge in [-0.05, 0) is 37.3 Å². The van der Waals surface area contributed by atoms with Gasteiger partial charge < -0.3 is 5.32 Å². The second-order valence-corrected chi connectivity index (χ2v) is 6.90. The maximum absolute atomic E-state index is 14.0. The molecule has 1 aromatic carbocycles. The molecule has 0 aliphatic carbocycles. The zero-order valence-corrected chi connectivity index (χ0v) is 15.2. The zero-order chi connectivity index (χ0) is 18.8. The molecule has 3 aromatic heterocycles. The van der Waals surface area contributed by atoms with Crippen LogP contribution in [0.3, 0.4) is 0 Å². The van der Waals surface area contributed by atoms with Gasteiger partial charge in [0.2, 0.25) is 0 Å². The van der Waals surface area contributed by atoms with E-state index in [0.717, 1.165) is 5.82 Å². The van der Waals surface area contributed by atoms with E-state index in [0.29, 0.717) is 26.8 Å². The predicted octanol–water partition coefficient (Wildman–Crippen LogP) is 4.70. The number of nitrogens with zero attached hydrogens (tertiary/aromatic N) is 3. The second kappa shape index (κ2) is 7.13. The van der Waals surface area contributed by atoms with Crippen LogP contribution in [0, 0.1) is 12.7 Å². The highest BCUT2D eigenvalue weighted by atomic mass is 32.1. The van der Waals surface area contributed by atoms with Gasteiger partial charge in [-0.25, -0.2) is 14.4 Å². The standard InChI is InChI=1S/C20H15FN4OS/c1-13-22-11-12-25(13)19-16(7-4-10-23-19)24-20(26)18-9-8-17(27-18)14-5-2-3-6-15(14)21/h2-12H,1H3,(H,24,26). The van der Waals surface area contributed by atoms with E-state index in [9.17, 15) is 9.18 Å². The van der Waals surface area contributed by atoms with Crippen LogP contribution in [0.1, 0.15) is 15.5 Å². The first-order chi connectivity index (χ1) is 13.1. The summed E-state index contributed by atoms with van der Waals surface area (Å²) in [5, 5.41) is 2.89. The van der Waals surface area contributed by atoms with Crippen LogP contribution < -0.4 is 5.32 Å². The third-order valence-corrected chi connectivity index (χ3v) is 5.18. The summed E-state index contributed by atoms with van der Waals surface area (Å²) in [4.78, 5) is 22.4. The van der Waals surface area contributed by atoms with Gasteiger partial charge in [-0.3, -0.25) is 9.36 Å². The van der Waals surface area contributed by atoms with Crippen LogP contribution in [-0.4, -0.2) is 20.4 Å². The number of halogens is 1. The molecule has 7 heteroatoms. The molecule has 0 saturated carbocycles. The lowest BCUT2D eigenvalue weighted by atomic mass is 10.2. The van der Waals surface area contributed by atoms with Gasteiger partial charge in [0, 0.05) is 29.0 Å². The molecule has 1 amide bonds. The number of hydrogen-bond acceptors (Lipinski definition) is 4. The molecule has 0 fully saturated rings. The number of aromatic nitrogens is 3. The summed E-state index contributed by atoms with van der Waals surface area (Å²) >= 11 is 1.24. The monoisotopic (exact) mass is 378 g/mol. The largest absolute Gasteiger partial charge is 0.318 e. The van der Waals surface area contributed by atoms with E-state index in [2.05, 4.69) is 15.3 Å². The lowest BCUT2D eigenvalue weighted by molar-refractivity contribution is 0.103. The molecule has 0 aliphatic rings. The summed E-state index contributed by atoms with van der Waals surface area (Å²) in [7, 11) is 0. The van der Waals surface area contributed by atoms with Crippen molar-refractivity contribution in [3.8, 4) is 16.3 Å². The number of amides is 1. The maximum Gasteiger partial charge on any atom is 0.265 e. The molecule has 4 aromatic rings. The van der Waals surface area contributed by atoms with Crippen LogP contribution in [0.5, 0.6) is 0 Å². The summed E-state index contributed by atoms with van der Waals surface area (Å²) < 4.78 is 15.8. The summed E-state index contributed by atoms with van der Waals surface area (Å²) in [5.41, 5.74) is 1.06. The van der Waals surface area contributed by atoms with Crippen molar-refractivity contribution in [2.24, 2.45) is 0 Å².